The van der Waals surface area contributed by atoms with Crippen molar-refractivity contribution in [3.05, 3.63) is 69.6 Å². The van der Waals surface area contributed by atoms with Gasteiger partial charge in [-0.3, -0.25) is 4.79 Å². The van der Waals surface area contributed by atoms with Crippen molar-refractivity contribution < 1.29 is 5.11 Å². The Hall–Kier alpha value is -2.72. The summed E-state index contributed by atoms with van der Waals surface area (Å²) in [5.74, 6) is -0.0561. The van der Waals surface area contributed by atoms with E-state index >= 15 is 0 Å². The Morgan fingerprint density at radius 3 is 2.78 bits per heavy atom. The van der Waals surface area contributed by atoms with Gasteiger partial charge in [0.15, 0.2) is 11.4 Å². The number of aromatic amines is 1. The van der Waals surface area contributed by atoms with Crippen LogP contribution in [0.15, 0.2) is 53.5 Å². The summed E-state index contributed by atoms with van der Waals surface area (Å²) in [5.41, 5.74) is 2.34. The number of halogens is 1. The summed E-state index contributed by atoms with van der Waals surface area (Å²) in [5, 5.41) is 12.7. The van der Waals surface area contributed by atoms with E-state index in [0.717, 1.165) is 16.5 Å². The number of fused-ring (bicyclic) bond motifs is 2. The largest absolute Gasteiger partial charge is 0.505 e. The zero-order chi connectivity index (χ0) is 16.1. The first-order valence-electron chi connectivity index (χ1n) is 7.18. The highest BCUT2D eigenvalue weighted by molar-refractivity contribution is 6.31. The van der Waals surface area contributed by atoms with Crippen molar-refractivity contribution in [2.45, 2.75) is 6.92 Å². The first-order chi connectivity index (χ1) is 11.1. The second-order valence-corrected chi connectivity index (χ2v) is 5.97. The highest BCUT2D eigenvalue weighted by Gasteiger charge is 2.16. The number of nitrogens with one attached hydrogen (secondary N) is 1. The van der Waals surface area contributed by atoms with Crippen LogP contribution in [0.25, 0.3) is 27.5 Å². The topological polar surface area (TPSA) is 58.0 Å². The van der Waals surface area contributed by atoms with Crippen molar-refractivity contribution in [1.82, 2.24) is 9.55 Å². The highest BCUT2D eigenvalue weighted by Crippen LogP contribution is 2.31. The predicted octanol–water partition coefficient (Wildman–Crippen LogP) is 4.14. The molecule has 0 unspecified atom stereocenters. The summed E-state index contributed by atoms with van der Waals surface area (Å²) in [6.45, 7) is 2.01. The van der Waals surface area contributed by atoms with E-state index in [1.54, 1.807) is 29.0 Å². The normalized spacial score (nSPS) is 11.4. The molecule has 2 heterocycles. The SMILES string of the molecule is Cc1cccc2c1ccn2-c1c(O)c2ccc(Cl)cc2[nH]c1=O. The molecule has 0 aliphatic carbocycles. The third-order valence-corrected chi connectivity index (χ3v) is 4.35. The number of H-pyrrole nitrogens is 1. The van der Waals surface area contributed by atoms with Gasteiger partial charge in [-0.25, -0.2) is 0 Å². The standard InChI is InChI=1S/C18H13ClN2O2/c1-10-3-2-4-15-12(10)7-8-21(15)16-17(22)13-6-5-11(19)9-14(13)20-18(16)23/h2-9H,1H3,(H2,20,22,23). The van der Waals surface area contributed by atoms with Crippen LogP contribution in [0.5, 0.6) is 5.75 Å². The Balaban J connectivity index is 2.11. The number of rotatable bonds is 1. The summed E-state index contributed by atoms with van der Waals surface area (Å²) in [6.07, 6.45) is 1.80. The van der Waals surface area contributed by atoms with Crippen molar-refractivity contribution >= 4 is 33.4 Å². The molecule has 2 N–H and O–H groups in total. The smallest absolute Gasteiger partial charge is 0.276 e. The van der Waals surface area contributed by atoms with Gasteiger partial charge in [0.1, 0.15) is 0 Å². The van der Waals surface area contributed by atoms with Gasteiger partial charge in [0.2, 0.25) is 0 Å². The molecule has 114 valence electrons. The summed E-state index contributed by atoms with van der Waals surface area (Å²) in [6, 6.07) is 12.8. The van der Waals surface area contributed by atoms with Crippen LogP contribution < -0.4 is 5.56 Å². The van der Waals surface area contributed by atoms with E-state index in [4.69, 9.17) is 11.6 Å². The second kappa shape index (κ2) is 4.89. The van der Waals surface area contributed by atoms with Gasteiger partial charge in [-0.2, -0.15) is 0 Å². The van der Waals surface area contributed by atoms with Gasteiger partial charge in [0.25, 0.3) is 5.56 Å². The molecule has 0 spiro atoms. The Morgan fingerprint density at radius 2 is 1.96 bits per heavy atom. The van der Waals surface area contributed by atoms with Crippen LogP contribution in [-0.2, 0) is 0 Å². The lowest BCUT2D eigenvalue weighted by Gasteiger charge is -2.10. The molecular weight excluding hydrogens is 312 g/mol. The molecule has 4 aromatic rings. The highest BCUT2D eigenvalue weighted by atomic mass is 35.5. The van der Waals surface area contributed by atoms with Gasteiger partial charge in [0, 0.05) is 22.0 Å². The zero-order valence-corrected chi connectivity index (χ0v) is 13.1. The maximum Gasteiger partial charge on any atom is 0.276 e. The van der Waals surface area contributed by atoms with Gasteiger partial charge < -0.3 is 14.7 Å². The quantitative estimate of drug-likeness (QED) is 0.553. The average molecular weight is 325 g/mol. The molecule has 0 amide bonds. The fraction of sp³-hybridized carbons (Fsp3) is 0.0556. The van der Waals surface area contributed by atoms with E-state index in [-0.39, 0.29) is 17.0 Å². The van der Waals surface area contributed by atoms with E-state index in [2.05, 4.69) is 4.98 Å². The number of aromatic hydroxyl groups is 1. The van der Waals surface area contributed by atoms with Crippen LogP contribution in [-0.4, -0.2) is 14.7 Å². The van der Waals surface area contributed by atoms with Gasteiger partial charge in [-0.05, 0) is 42.8 Å². The van der Waals surface area contributed by atoms with Crippen molar-refractivity contribution in [2.75, 3.05) is 0 Å². The molecule has 0 atom stereocenters. The van der Waals surface area contributed by atoms with Gasteiger partial charge in [-0.15, -0.1) is 0 Å². The monoisotopic (exact) mass is 324 g/mol. The Kier molecular flexibility index (Phi) is 2.96. The fourth-order valence-corrected chi connectivity index (χ4v) is 3.16. The van der Waals surface area contributed by atoms with Gasteiger partial charge in [0.05, 0.1) is 11.0 Å². The van der Waals surface area contributed by atoms with Crippen LogP contribution in [0, 0.1) is 6.92 Å². The summed E-state index contributed by atoms with van der Waals surface area (Å²) >= 11 is 5.95. The summed E-state index contributed by atoms with van der Waals surface area (Å²) in [7, 11) is 0. The van der Waals surface area contributed by atoms with Crippen LogP contribution in [0.1, 0.15) is 5.56 Å². The van der Waals surface area contributed by atoms with Crippen LogP contribution in [0.2, 0.25) is 5.02 Å². The first kappa shape index (κ1) is 13.9. The van der Waals surface area contributed by atoms with Crippen molar-refractivity contribution in [2.24, 2.45) is 0 Å². The summed E-state index contributed by atoms with van der Waals surface area (Å²) in [4.78, 5) is 15.3. The Bertz CT molecular complexity index is 1130. The molecule has 0 aliphatic heterocycles. The maximum absolute atomic E-state index is 12.5. The summed E-state index contributed by atoms with van der Waals surface area (Å²) < 4.78 is 1.71. The number of benzene rings is 2. The lowest BCUT2D eigenvalue weighted by Crippen LogP contribution is -2.14. The molecule has 0 aliphatic rings. The number of aryl methyl sites for hydroxylation is 1. The molecule has 0 radical (unpaired) electrons. The molecule has 4 nitrogen and oxygen atoms in total. The molecule has 2 aromatic heterocycles. The third-order valence-electron chi connectivity index (χ3n) is 4.12. The van der Waals surface area contributed by atoms with Crippen LogP contribution in [0.4, 0.5) is 0 Å². The molecule has 0 fully saturated rings. The number of nitrogens with zero attached hydrogens (tertiary/aromatic N) is 1. The minimum atomic E-state index is -0.365. The minimum absolute atomic E-state index is 0.0561. The average Bonchev–Trinajstić information content (AvgIpc) is 2.92. The molecule has 4 rings (SSSR count). The molecule has 0 saturated carbocycles. The molecule has 5 heteroatoms. The molecule has 0 bridgehead atoms. The number of aromatic nitrogens is 2. The first-order valence-corrected chi connectivity index (χ1v) is 7.55. The molecule has 23 heavy (non-hydrogen) atoms. The number of hydrogen-bond donors (Lipinski definition) is 2. The molecular formula is C18H13ClN2O2. The fourth-order valence-electron chi connectivity index (χ4n) is 2.98. The lowest BCUT2D eigenvalue weighted by molar-refractivity contribution is 0.478. The van der Waals surface area contributed by atoms with Crippen molar-refractivity contribution in [3.63, 3.8) is 0 Å². The minimum Gasteiger partial charge on any atom is -0.505 e. The lowest BCUT2D eigenvalue weighted by atomic mass is 10.1. The predicted molar refractivity (Wildman–Crippen MR) is 92.8 cm³/mol. The van der Waals surface area contributed by atoms with Crippen molar-refractivity contribution in [3.8, 4) is 11.4 Å². The molecule has 2 aromatic carbocycles. The van der Waals surface area contributed by atoms with E-state index in [1.807, 2.05) is 31.2 Å². The van der Waals surface area contributed by atoms with E-state index in [1.165, 1.54) is 0 Å². The van der Waals surface area contributed by atoms with Crippen molar-refractivity contribution in [1.29, 1.82) is 0 Å². The van der Waals surface area contributed by atoms with Gasteiger partial charge >= 0.3 is 0 Å². The number of pyridine rings is 1. The zero-order valence-electron chi connectivity index (χ0n) is 12.3. The second-order valence-electron chi connectivity index (χ2n) is 5.53. The van der Waals surface area contributed by atoms with Crippen LogP contribution in [0.3, 0.4) is 0 Å². The third kappa shape index (κ3) is 2.03. The van der Waals surface area contributed by atoms with Crippen LogP contribution >= 0.6 is 11.6 Å². The van der Waals surface area contributed by atoms with E-state index < -0.39 is 0 Å². The molecule has 0 saturated heterocycles. The maximum atomic E-state index is 12.5. The Morgan fingerprint density at radius 1 is 1.13 bits per heavy atom. The Labute approximate surface area is 136 Å². The van der Waals surface area contributed by atoms with Gasteiger partial charge in [-0.1, -0.05) is 23.7 Å². The number of hydrogen-bond acceptors (Lipinski definition) is 2. The van der Waals surface area contributed by atoms with E-state index in [0.29, 0.717) is 15.9 Å². The van der Waals surface area contributed by atoms with E-state index in [9.17, 15) is 9.90 Å².